The molecule has 0 spiro atoms. The molecule has 0 aliphatic carbocycles. The number of carboxylic acid groups (broad SMARTS) is 1. The van der Waals surface area contributed by atoms with Crippen molar-refractivity contribution in [1.82, 2.24) is 20.2 Å². The van der Waals surface area contributed by atoms with Crippen LogP contribution in [0.15, 0.2) is 42.7 Å². The maximum absolute atomic E-state index is 10.9. The van der Waals surface area contributed by atoms with Crippen molar-refractivity contribution >= 4 is 23.0 Å². The van der Waals surface area contributed by atoms with E-state index in [0.29, 0.717) is 18.8 Å². The third-order valence-electron chi connectivity index (χ3n) is 4.36. The Morgan fingerprint density at radius 1 is 1.19 bits per heavy atom. The molecule has 1 aliphatic rings. The van der Waals surface area contributed by atoms with Crippen LogP contribution in [-0.2, 0) is 10.4 Å². The first-order chi connectivity index (χ1) is 12.5. The molecule has 2 aromatic heterocycles. The number of H-pyrrole nitrogens is 1. The lowest BCUT2D eigenvalue weighted by molar-refractivity contribution is -0.134. The molecule has 0 bridgehead atoms. The average Bonchev–Trinajstić information content (AvgIpc) is 3.10. The van der Waals surface area contributed by atoms with Gasteiger partial charge in [-0.2, -0.15) is 10.1 Å². The van der Waals surface area contributed by atoms with Crippen molar-refractivity contribution in [2.24, 2.45) is 0 Å². The van der Waals surface area contributed by atoms with Gasteiger partial charge in [-0.3, -0.25) is 9.89 Å². The monoisotopic (exact) mass is 355 g/mol. The molecule has 4 rings (SSSR count). The zero-order chi connectivity index (χ0) is 18.6. The minimum absolute atomic E-state index is 0.668. The van der Waals surface area contributed by atoms with Gasteiger partial charge >= 0.3 is 0 Å². The molecule has 1 aromatic carbocycles. The number of hydrogen-bond donors (Lipinski definition) is 3. The lowest BCUT2D eigenvalue weighted by atomic mass is 9.84. The Bertz CT molecular complexity index is 869. The number of hydrogen-bond acceptors (Lipinski definition) is 6. The predicted molar refractivity (Wildman–Crippen MR) is 96.8 cm³/mol. The molecule has 1 saturated heterocycles. The van der Waals surface area contributed by atoms with E-state index in [2.05, 4.69) is 25.1 Å². The van der Waals surface area contributed by atoms with E-state index in [9.17, 15) is 5.11 Å². The summed E-state index contributed by atoms with van der Waals surface area (Å²) in [6, 6.07) is 9.88. The number of rotatable bonds is 2. The highest BCUT2D eigenvalue weighted by Crippen LogP contribution is 2.33. The van der Waals surface area contributed by atoms with E-state index < -0.39 is 11.6 Å². The molecule has 8 nitrogen and oxygen atoms in total. The van der Waals surface area contributed by atoms with Crippen LogP contribution in [-0.4, -0.2) is 49.4 Å². The zero-order valence-corrected chi connectivity index (χ0v) is 14.5. The fraction of sp³-hybridized carbons (Fsp3) is 0.333. The van der Waals surface area contributed by atoms with Gasteiger partial charge in [0.05, 0.1) is 17.2 Å². The second-order valence-electron chi connectivity index (χ2n) is 6.25. The molecule has 26 heavy (non-hydrogen) atoms. The summed E-state index contributed by atoms with van der Waals surface area (Å²) < 4.78 is 0. The molecule has 1 aliphatic heterocycles. The highest BCUT2D eigenvalue weighted by Gasteiger charge is 2.34. The Labute approximate surface area is 150 Å². The van der Waals surface area contributed by atoms with E-state index in [-0.39, 0.29) is 0 Å². The number of fused-ring (bicyclic) bond motifs is 1. The van der Waals surface area contributed by atoms with Crippen molar-refractivity contribution < 1.29 is 15.0 Å². The van der Waals surface area contributed by atoms with Crippen molar-refractivity contribution in [1.29, 1.82) is 0 Å². The van der Waals surface area contributed by atoms with Crippen LogP contribution in [0.1, 0.15) is 25.3 Å². The van der Waals surface area contributed by atoms with Gasteiger partial charge in [-0.15, -0.1) is 0 Å². The first-order valence-corrected chi connectivity index (χ1v) is 8.36. The van der Waals surface area contributed by atoms with Gasteiger partial charge in [0.2, 0.25) is 5.95 Å². The Kier molecular flexibility index (Phi) is 5.13. The molecule has 0 radical (unpaired) electrons. The molecular weight excluding hydrogens is 334 g/mol. The van der Waals surface area contributed by atoms with Crippen molar-refractivity contribution in [3.05, 3.63) is 48.3 Å². The Morgan fingerprint density at radius 2 is 1.85 bits per heavy atom. The van der Waals surface area contributed by atoms with Crippen molar-refractivity contribution in [2.75, 3.05) is 18.0 Å². The number of piperidine rings is 1. The molecule has 1 fully saturated rings. The number of carboxylic acids is 1. The van der Waals surface area contributed by atoms with E-state index >= 15 is 0 Å². The molecule has 0 amide bonds. The Hall–Kier alpha value is -3.00. The van der Waals surface area contributed by atoms with Gasteiger partial charge in [0, 0.05) is 26.2 Å². The number of aliphatic hydroxyl groups is 1. The van der Waals surface area contributed by atoms with Crippen molar-refractivity contribution in [3.8, 4) is 0 Å². The average molecular weight is 355 g/mol. The number of aliphatic carboxylic acids is 1. The molecule has 0 unspecified atom stereocenters. The lowest BCUT2D eigenvalue weighted by Gasteiger charge is -2.38. The second kappa shape index (κ2) is 7.49. The summed E-state index contributed by atoms with van der Waals surface area (Å²) in [5.41, 5.74) is 0.976. The Balaban J connectivity index is 0.000000447. The van der Waals surface area contributed by atoms with Gasteiger partial charge < -0.3 is 15.1 Å². The smallest absolute Gasteiger partial charge is 0.300 e. The maximum atomic E-state index is 10.9. The van der Waals surface area contributed by atoms with Crippen LogP contribution >= 0.6 is 0 Å². The third kappa shape index (κ3) is 3.97. The van der Waals surface area contributed by atoms with E-state index in [1.807, 2.05) is 30.3 Å². The van der Waals surface area contributed by atoms with Gasteiger partial charge in [0.25, 0.3) is 5.97 Å². The molecule has 8 heteroatoms. The first kappa shape index (κ1) is 17.8. The first-order valence-electron chi connectivity index (χ1n) is 8.36. The lowest BCUT2D eigenvalue weighted by Crippen LogP contribution is -2.43. The highest BCUT2D eigenvalue weighted by molar-refractivity contribution is 5.73. The van der Waals surface area contributed by atoms with E-state index in [4.69, 9.17) is 9.90 Å². The zero-order valence-electron chi connectivity index (χ0n) is 14.5. The number of nitrogens with zero attached hydrogens (tertiary/aromatic N) is 4. The summed E-state index contributed by atoms with van der Waals surface area (Å²) >= 11 is 0. The molecule has 3 aromatic rings. The van der Waals surface area contributed by atoms with E-state index in [0.717, 1.165) is 36.6 Å². The van der Waals surface area contributed by atoms with Gasteiger partial charge in [-0.1, -0.05) is 30.3 Å². The van der Waals surface area contributed by atoms with Crippen molar-refractivity contribution in [3.63, 3.8) is 0 Å². The van der Waals surface area contributed by atoms with Crippen molar-refractivity contribution in [2.45, 2.75) is 25.4 Å². The summed E-state index contributed by atoms with van der Waals surface area (Å²) in [7, 11) is 0. The number of anilines is 1. The molecule has 136 valence electrons. The number of aromatic nitrogens is 4. The molecular formula is C18H21N5O3. The van der Waals surface area contributed by atoms with Gasteiger partial charge in [-0.05, 0) is 18.4 Å². The topological polar surface area (TPSA) is 115 Å². The van der Waals surface area contributed by atoms with Crippen LogP contribution in [0, 0.1) is 0 Å². The maximum Gasteiger partial charge on any atom is 0.300 e. The van der Waals surface area contributed by atoms with Crippen LogP contribution in [0.4, 0.5) is 5.95 Å². The quantitative estimate of drug-likeness (QED) is 0.643. The van der Waals surface area contributed by atoms with E-state index in [1.165, 1.54) is 0 Å². The molecule has 3 heterocycles. The van der Waals surface area contributed by atoms with Gasteiger partial charge in [-0.25, -0.2) is 4.98 Å². The normalized spacial score (nSPS) is 16.0. The molecule has 0 atom stereocenters. The van der Waals surface area contributed by atoms with Gasteiger partial charge in [0.15, 0.2) is 5.65 Å². The minimum atomic E-state index is -0.833. The van der Waals surface area contributed by atoms with Crippen LogP contribution in [0.25, 0.3) is 11.0 Å². The summed E-state index contributed by atoms with van der Waals surface area (Å²) in [6.45, 7) is 2.54. The number of benzene rings is 1. The van der Waals surface area contributed by atoms with Crippen LogP contribution < -0.4 is 4.90 Å². The number of carbonyl (C=O) groups is 1. The number of aromatic amines is 1. The number of nitrogens with one attached hydrogen (secondary N) is 1. The summed E-state index contributed by atoms with van der Waals surface area (Å²) in [5, 5.41) is 26.0. The minimum Gasteiger partial charge on any atom is -0.481 e. The van der Waals surface area contributed by atoms with Crippen LogP contribution in [0.5, 0.6) is 0 Å². The van der Waals surface area contributed by atoms with Crippen LogP contribution in [0.3, 0.4) is 0 Å². The summed E-state index contributed by atoms with van der Waals surface area (Å²) in [4.78, 5) is 20.0. The standard InChI is InChI=1S/C16H17N5O.C2H4O2/c22-16(13-4-2-1-3-5-13)6-8-21(9-7-16)15-17-10-12-11-18-20-14(12)19-15;1-2(3)4/h1-5,10-11,22H,6-9H2,(H,17,18,19,20);1H3,(H,3,4). The fourth-order valence-electron chi connectivity index (χ4n) is 2.99. The van der Waals surface area contributed by atoms with E-state index in [1.54, 1.807) is 12.4 Å². The summed E-state index contributed by atoms with van der Waals surface area (Å²) in [6.07, 6.45) is 4.82. The predicted octanol–water partition coefficient (Wildman–Crippen LogP) is 1.93. The molecule has 0 saturated carbocycles. The summed E-state index contributed by atoms with van der Waals surface area (Å²) in [5.74, 6) is -0.146. The third-order valence-corrected chi connectivity index (χ3v) is 4.36. The second-order valence-corrected chi connectivity index (χ2v) is 6.25. The SMILES string of the molecule is CC(=O)O.OC1(c2ccccc2)CCN(c2ncc3cn[nH]c3n2)CC1. The van der Waals surface area contributed by atoms with Gasteiger partial charge in [0.1, 0.15) is 0 Å². The molecule has 3 N–H and O–H groups in total. The Morgan fingerprint density at radius 3 is 2.50 bits per heavy atom. The van der Waals surface area contributed by atoms with Crippen LogP contribution in [0.2, 0.25) is 0 Å². The fourth-order valence-corrected chi connectivity index (χ4v) is 2.99. The highest BCUT2D eigenvalue weighted by atomic mass is 16.4. The largest absolute Gasteiger partial charge is 0.481 e.